The first kappa shape index (κ1) is 18.4. The van der Waals surface area contributed by atoms with E-state index in [1.54, 1.807) is 12.3 Å². The lowest BCUT2D eigenvalue weighted by molar-refractivity contribution is -0.137. The molecule has 138 valence electrons. The van der Waals surface area contributed by atoms with E-state index in [9.17, 15) is 18.0 Å². The van der Waals surface area contributed by atoms with Gasteiger partial charge >= 0.3 is 6.18 Å². The Labute approximate surface area is 152 Å². The number of carbonyl (C=O) groups excluding carboxylic acids is 1. The van der Waals surface area contributed by atoms with Gasteiger partial charge in [0.15, 0.2) is 4.96 Å². The number of alkyl halides is 3. The van der Waals surface area contributed by atoms with Gasteiger partial charge in [0.2, 0.25) is 5.91 Å². The Balaban J connectivity index is 1.73. The van der Waals surface area contributed by atoms with E-state index in [0.29, 0.717) is 17.7 Å². The molecule has 1 N–H and O–H groups in total. The first-order valence-corrected chi connectivity index (χ1v) is 9.12. The predicted octanol–water partition coefficient (Wildman–Crippen LogP) is 4.61. The van der Waals surface area contributed by atoms with Gasteiger partial charge in [-0.1, -0.05) is 25.5 Å². The van der Waals surface area contributed by atoms with Crippen LogP contribution in [0.5, 0.6) is 0 Å². The zero-order valence-corrected chi connectivity index (χ0v) is 14.9. The van der Waals surface area contributed by atoms with Gasteiger partial charge in [0.25, 0.3) is 0 Å². The molecule has 0 saturated heterocycles. The fourth-order valence-electron chi connectivity index (χ4n) is 2.81. The Bertz CT molecular complexity index is 872. The lowest BCUT2D eigenvalue weighted by Gasteiger charge is -2.20. The molecule has 0 radical (unpaired) electrons. The van der Waals surface area contributed by atoms with E-state index < -0.39 is 17.8 Å². The monoisotopic (exact) mass is 381 g/mol. The predicted molar refractivity (Wildman–Crippen MR) is 94.0 cm³/mol. The zero-order chi connectivity index (χ0) is 18.7. The van der Waals surface area contributed by atoms with Gasteiger partial charge in [0.1, 0.15) is 0 Å². The van der Waals surface area contributed by atoms with Crippen molar-refractivity contribution in [1.29, 1.82) is 0 Å². The molecule has 0 spiro atoms. The number of imidazole rings is 1. The molecule has 4 nitrogen and oxygen atoms in total. The van der Waals surface area contributed by atoms with Crippen molar-refractivity contribution < 1.29 is 18.0 Å². The maximum atomic E-state index is 12.9. The molecule has 2 heterocycles. The van der Waals surface area contributed by atoms with Crippen LogP contribution < -0.4 is 5.32 Å². The maximum Gasteiger partial charge on any atom is 0.416 e. The Morgan fingerprint density at radius 1 is 1.38 bits per heavy atom. The SMILES string of the molecule is CCCC(NC(=O)Cc1cn2ccsc2n1)c1cccc(C(F)(F)F)c1. The molecule has 8 heteroatoms. The van der Waals surface area contributed by atoms with Gasteiger partial charge in [-0.2, -0.15) is 13.2 Å². The summed E-state index contributed by atoms with van der Waals surface area (Å²) in [6.45, 7) is 1.93. The second-order valence-corrected chi connectivity index (χ2v) is 6.91. The Morgan fingerprint density at radius 3 is 2.88 bits per heavy atom. The molecular formula is C18H18F3N3OS. The lowest BCUT2D eigenvalue weighted by atomic mass is 9.99. The number of halogens is 3. The smallest absolute Gasteiger partial charge is 0.349 e. The van der Waals surface area contributed by atoms with Crippen LogP contribution in [0.4, 0.5) is 13.2 Å². The molecule has 0 saturated carbocycles. The third-order valence-electron chi connectivity index (χ3n) is 4.01. The van der Waals surface area contributed by atoms with Crippen molar-refractivity contribution in [3.8, 4) is 0 Å². The van der Waals surface area contributed by atoms with E-state index >= 15 is 0 Å². The van der Waals surface area contributed by atoms with E-state index in [2.05, 4.69) is 10.3 Å². The number of nitrogens with zero attached hydrogens (tertiary/aromatic N) is 2. The molecule has 0 fully saturated rings. The van der Waals surface area contributed by atoms with Crippen molar-refractivity contribution in [2.45, 2.75) is 38.4 Å². The van der Waals surface area contributed by atoms with Gasteiger partial charge in [-0.15, -0.1) is 11.3 Å². The second kappa shape index (κ2) is 7.49. The van der Waals surface area contributed by atoms with E-state index in [1.165, 1.54) is 17.4 Å². The summed E-state index contributed by atoms with van der Waals surface area (Å²) in [6.07, 6.45) is 0.626. The summed E-state index contributed by atoms with van der Waals surface area (Å²) in [6, 6.07) is 4.66. The number of benzene rings is 1. The quantitative estimate of drug-likeness (QED) is 0.678. The number of hydrogen-bond donors (Lipinski definition) is 1. The molecule has 3 aromatic rings. The first-order chi connectivity index (χ1) is 12.4. The summed E-state index contributed by atoms with van der Waals surface area (Å²) in [5.74, 6) is -0.258. The highest BCUT2D eigenvalue weighted by atomic mass is 32.1. The summed E-state index contributed by atoms with van der Waals surface area (Å²) >= 11 is 1.47. The molecule has 2 aromatic heterocycles. The fraction of sp³-hybridized carbons (Fsp3) is 0.333. The van der Waals surface area contributed by atoms with Crippen molar-refractivity contribution in [3.63, 3.8) is 0 Å². The third kappa shape index (κ3) is 4.24. The fourth-order valence-corrected chi connectivity index (χ4v) is 3.53. The number of fused-ring (bicyclic) bond motifs is 1. The average molecular weight is 381 g/mol. The normalized spacial score (nSPS) is 13.1. The van der Waals surface area contributed by atoms with Crippen molar-refractivity contribution in [2.24, 2.45) is 0 Å². The number of aromatic nitrogens is 2. The topological polar surface area (TPSA) is 46.4 Å². The molecule has 0 bridgehead atoms. The van der Waals surface area contributed by atoms with Crippen molar-refractivity contribution in [3.05, 3.63) is 58.9 Å². The first-order valence-electron chi connectivity index (χ1n) is 8.24. The number of nitrogens with one attached hydrogen (secondary N) is 1. The molecule has 0 aliphatic rings. The lowest BCUT2D eigenvalue weighted by Crippen LogP contribution is -2.30. The van der Waals surface area contributed by atoms with Gasteiger partial charge in [-0.05, 0) is 24.1 Å². The van der Waals surface area contributed by atoms with Crippen molar-refractivity contribution in [1.82, 2.24) is 14.7 Å². The molecule has 1 aromatic carbocycles. The molecule has 0 aliphatic heterocycles. The van der Waals surface area contributed by atoms with Crippen LogP contribution in [0.15, 0.2) is 42.0 Å². The van der Waals surface area contributed by atoms with Gasteiger partial charge in [-0.25, -0.2) is 4.98 Å². The molecule has 1 unspecified atom stereocenters. The number of hydrogen-bond acceptors (Lipinski definition) is 3. The molecular weight excluding hydrogens is 363 g/mol. The highest BCUT2D eigenvalue weighted by Gasteiger charge is 2.31. The van der Waals surface area contributed by atoms with Crippen LogP contribution in [-0.4, -0.2) is 15.3 Å². The third-order valence-corrected chi connectivity index (χ3v) is 4.78. The number of carbonyl (C=O) groups is 1. The highest BCUT2D eigenvalue weighted by molar-refractivity contribution is 7.15. The van der Waals surface area contributed by atoms with Gasteiger partial charge in [-0.3, -0.25) is 9.20 Å². The van der Waals surface area contributed by atoms with Gasteiger partial charge < -0.3 is 5.32 Å². The standard InChI is InChI=1S/C18H18F3N3OS/c1-2-4-15(12-5-3-6-13(9-12)18(19,20)21)23-16(25)10-14-11-24-7-8-26-17(24)22-14/h3,5-9,11,15H,2,4,10H2,1H3,(H,23,25). The van der Waals surface area contributed by atoms with Crippen LogP contribution in [0.3, 0.4) is 0 Å². The Hall–Kier alpha value is -2.35. The minimum atomic E-state index is -4.40. The van der Waals surface area contributed by atoms with Crippen LogP contribution in [0.1, 0.15) is 42.6 Å². The minimum absolute atomic E-state index is 0.0908. The molecule has 26 heavy (non-hydrogen) atoms. The van der Waals surface area contributed by atoms with Crippen LogP contribution in [-0.2, 0) is 17.4 Å². The van der Waals surface area contributed by atoms with Crippen LogP contribution in [0.25, 0.3) is 4.96 Å². The highest BCUT2D eigenvalue weighted by Crippen LogP contribution is 2.31. The summed E-state index contributed by atoms with van der Waals surface area (Å²) in [5.41, 5.74) is 0.383. The molecule has 1 amide bonds. The van der Waals surface area contributed by atoms with Crippen LogP contribution >= 0.6 is 11.3 Å². The van der Waals surface area contributed by atoms with Crippen LogP contribution in [0.2, 0.25) is 0 Å². The average Bonchev–Trinajstić information content (AvgIpc) is 3.15. The number of thiazole rings is 1. The van der Waals surface area contributed by atoms with Crippen LogP contribution in [0, 0.1) is 0 Å². The molecule has 3 rings (SSSR count). The number of amides is 1. The summed E-state index contributed by atoms with van der Waals surface area (Å²) in [7, 11) is 0. The summed E-state index contributed by atoms with van der Waals surface area (Å²) in [4.78, 5) is 17.5. The van der Waals surface area contributed by atoms with Crippen molar-refractivity contribution in [2.75, 3.05) is 0 Å². The van der Waals surface area contributed by atoms with E-state index in [0.717, 1.165) is 23.5 Å². The van der Waals surface area contributed by atoms with E-state index in [4.69, 9.17) is 0 Å². The maximum absolute atomic E-state index is 12.9. The Kier molecular flexibility index (Phi) is 5.31. The van der Waals surface area contributed by atoms with Gasteiger partial charge in [0, 0.05) is 17.8 Å². The minimum Gasteiger partial charge on any atom is -0.349 e. The summed E-state index contributed by atoms with van der Waals surface area (Å²) in [5, 5.41) is 4.75. The van der Waals surface area contributed by atoms with Gasteiger partial charge in [0.05, 0.1) is 23.7 Å². The Morgan fingerprint density at radius 2 is 2.19 bits per heavy atom. The largest absolute Gasteiger partial charge is 0.416 e. The van der Waals surface area contributed by atoms with Crippen molar-refractivity contribution >= 4 is 22.2 Å². The molecule has 1 atom stereocenters. The van der Waals surface area contributed by atoms with E-state index in [1.807, 2.05) is 22.9 Å². The second-order valence-electron chi connectivity index (χ2n) is 6.03. The zero-order valence-electron chi connectivity index (χ0n) is 14.1. The molecule has 0 aliphatic carbocycles. The number of rotatable bonds is 6. The summed E-state index contributed by atoms with van der Waals surface area (Å²) < 4.78 is 40.7. The van der Waals surface area contributed by atoms with E-state index in [-0.39, 0.29) is 12.3 Å².